The Kier molecular flexibility index (Phi) is 5.28. The first-order valence-electron chi connectivity index (χ1n) is 7.78. The van der Waals surface area contributed by atoms with Crippen molar-refractivity contribution in [2.24, 2.45) is 0 Å². The molecular formula is C19H17BrFN3O. The normalized spacial score (nSPS) is 10.7. The Bertz CT molecular complexity index is 879. The van der Waals surface area contributed by atoms with Crippen LogP contribution in [0.4, 0.5) is 4.39 Å². The molecule has 1 aromatic heterocycles. The summed E-state index contributed by atoms with van der Waals surface area (Å²) in [6.45, 7) is 1.03. The molecule has 6 heteroatoms. The zero-order valence-electron chi connectivity index (χ0n) is 13.7. The highest BCUT2D eigenvalue weighted by Crippen LogP contribution is 2.18. The fourth-order valence-corrected chi connectivity index (χ4v) is 2.92. The van der Waals surface area contributed by atoms with Crippen molar-refractivity contribution in [3.05, 3.63) is 87.9 Å². The van der Waals surface area contributed by atoms with E-state index < -0.39 is 5.82 Å². The molecule has 0 N–H and O–H groups in total. The van der Waals surface area contributed by atoms with Gasteiger partial charge in [-0.05, 0) is 23.8 Å². The van der Waals surface area contributed by atoms with Crippen molar-refractivity contribution in [2.75, 3.05) is 7.05 Å². The predicted molar refractivity (Wildman–Crippen MR) is 97.7 cm³/mol. The number of nitrogens with zero attached hydrogens (tertiary/aromatic N) is 3. The van der Waals surface area contributed by atoms with Gasteiger partial charge in [-0.25, -0.2) is 4.39 Å². The van der Waals surface area contributed by atoms with Crippen LogP contribution in [0.2, 0.25) is 0 Å². The number of hydrogen-bond acceptors (Lipinski definition) is 2. The lowest BCUT2D eigenvalue weighted by molar-refractivity contribution is 0.0780. The van der Waals surface area contributed by atoms with Crippen LogP contribution in [0.3, 0.4) is 0 Å². The molecule has 0 saturated heterocycles. The molecule has 0 aliphatic heterocycles. The molecule has 0 aliphatic rings. The minimum absolute atomic E-state index is 0.0496. The second kappa shape index (κ2) is 7.61. The molecule has 0 atom stereocenters. The minimum Gasteiger partial charge on any atom is -0.337 e. The number of amides is 1. The number of benzene rings is 2. The number of rotatable bonds is 5. The maximum Gasteiger partial charge on any atom is 0.256 e. The molecule has 3 aromatic rings. The van der Waals surface area contributed by atoms with E-state index in [-0.39, 0.29) is 11.5 Å². The Morgan fingerprint density at radius 3 is 2.72 bits per heavy atom. The SMILES string of the molecule is CN(Cc1cnn(Cc2ccccc2)c1)C(=O)c1cc(Br)ccc1F. The van der Waals surface area contributed by atoms with Crippen molar-refractivity contribution < 1.29 is 9.18 Å². The fourth-order valence-electron chi connectivity index (χ4n) is 2.56. The average Bonchev–Trinajstić information content (AvgIpc) is 3.04. The molecule has 2 aromatic carbocycles. The Hall–Kier alpha value is -2.47. The second-order valence-corrected chi connectivity index (χ2v) is 6.73. The monoisotopic (exact) mass is 401 g/mol. The lowest BCUT2D eigenvalue weighted by Crippen LogP contribution is -2.26. The lowest BCUT2D eigenvalue weighted by atomic mass is 10.2. The van der Waals surface area contributed by atoms with Crippen LogP contribution in [0.15, 0.2) is 65.4 Å². The first-order chi connectivity index (χ1) is 12.0. The summed E-state index contributed by atoms with van der Waals surface area (Å²) in [5.41, 5.74) is 2.09. The van der Waals surface area contributed by atoms with Crippen molar-refractivity contribution in [2.45, 2.75) is 13.1 Å². The first kappa shape index (κ1) is 17.4. The average molecular weight is 402 g/mol. The number of carbonyl (C=O) groups excluding carboxylic acids is 1. The van der Waals surface area contributed by atoms with Gasteiger partial charge >= 0.3 is 0 Å². The summed E-state index contributed by atoms with van der Waals surface area (Å²) in [6, 6.07) is 14.4. The Morgan fingerprint density at radius 1 is 1.20 bits per heavy atom. The van der Waals surface area contributed by atoms with Gasteiger partial charge < -0.3 is 4.90 Å². The largest absolute Gasteiger partial charge is 0.337 e. The van der Waals surface area contributed by atoms with E-state index in [0.717, 1.165) is 11.1 Å². The van der Waals surface area contributed by atoms with Crippen LogP contribution >= 0.6 is 15.9 Å². The maximum atomic E-state index is 13.9. The number of halogens is 2. The van der Waals surface area contributed by atoms with Crippen LogP contribution in [0, 0.1) is 5.82 Å². The molecule has 1 amide bonds. The van der Waals surface area contributed by atoms with E-state index in [2.05, 4.69) is 21.0 Å². The third kappa shape index (κ3) is 4.33. The van der Waals surface area contributed by atoms with Gasteiger partial charge in [0, 0.05) is 29.8 Å². The smallest absolute Gasteiger partial charge is 0.256 e. The molecule has 0 saturated carbocycles. The van der Waals surface area contributed by atoms with Crippen LogP contribution in [0.5, 0.6) is 0 Å². The van der Waals surface area contributed by atoms with Gasteiger partial charge in [-0.2, -0.15) is 5.10 Å². The molecule has 0 aliphatic carbocycles. The van der Waals surface area contributed by atoms with E-state index in [1.54, 1.807) is 19.3 Å². The third-order valence-corrected chi connectivity index (χ3v) is 4.29. The summed E-state index contributed by atoms with van der Waals surface area (Å²) in [5.74, 6) is -0.894. The van der Waals surface area contributed by atoms with Crippen LogP contribution in [-0.2, 0) is 13.1 Å². The van der Waals surface area contributed by atoms with Crippen LogP contribution in [-0.4, -0.2) is 27.6 Å². The highest BCUT2D eigenvalue weighted by atomic mass is 79.9. The van der Waals surface area contributed by atoms with Crippen molar-refractivity contribution in [1.82, 2.24) is 14.7 Å². The van der Waals surface area contributed by atoms with Crippen molar-refractivity contribution in [1.29, 1.82) is 0 Å². The standard InChI is InChI=1S/C19H17BrFN3O/c1-23(19(25)17-9-16(20)7-8-18(17)21)11-15-10-22-24(13-15)12-14-5-3-2-4-6-14/h2-10,13H,11-12H2,1H3. The van der Waals surface area contributed by atoms with Gasteiger partial charge in [-0.3, -0.25) is 9.48 Å². The Morgan fingerprint density at radius 2 is 1.96 bits per heavy atom. The quantitative estimate of drug-likeness (QED) is 0.645. The van der Waals surface area contributed by atoms with Gasteiger partial charge in [-0.15, -0.1) is 0 Å². The fraction of sp³-hybridized carbons (Fsp3) is 0.158. The van der Waals surface area contributed by atoms with Crippen LogP contribution < -0.4 is 0 Å². The number of carbonyl (C=O) groups is 1. The molecule has 0 unspecified atom stereocenters. The number of aromatic nitrogens is 2. The molecule has 0 radical (unpaired) electrons. The summed E-state index contributed by atoms with van der Waals surface area (Å²) in [7, 11) is 1.65. The van der Waals surface area contributed by atoms with Crippen molar-refractivity contribution in [3.63, 3.8) is 0 Å². The van der Waals surface area contributed by atoms with E-state index in [1.807, 2.05) is 41.2 Å². The van der Waals surface area contributed by atoms with Gasteiger partial charge in [0.15, 0.2) is 0 Å². The zero-order chi connectivity index (χ0) is 17.8. The third-order valence-electron chi connectivity index (χ3n) is 3.80. The van der Waals surface area contributed by atoms with Gasteiger partial charge in [0.2, 0.25) is 0 Å². The Balaban J connectivity index is 1.68. The topological polar surface area (TPSA) is 38.1 Å². The lowest BCUT2D eigenvalue weighted by Gasteiger charge is -2.16. The van der Waals surface area contributed by atoms with Crippen molar-refractivity contribution >= 4 is 21.8 Å². The zero-order valence-corrected chi connectivity index (χ0v) is 15.3. The summed E-state index contributed by atoms with van der Waals surface area (Å²) in [4.78, 5) is 13.9. The van der Waals surface area contributed by atoms with Crippen LogP contribution in [0.1, 0.15) is 21.5 Å². The van der Waals surface area contributed by atoms with Crippen molar-refractivity contribution in [3.8, 4) is 0 Å². The molecule has 4 nitrogen and oxygen atoms in total. The molecular weight excluding hydrogens is 385 g/mol. The van der Waals surface area contributed by atoms with Gasteiger partial charge in [0.05, 0.1) is 18.3 Å². The molecule has 0 fully saturated rings. The van der Waals surface area contributed by atoms with E-state index in [0.29, 0.717) is 17.6 Å². The van der Waals surface area contributed by atoms with E-state index >= 15 is 0 Å². The molecule has 25 heavy (non-hydrogen) atoms. The second-order valence-electron chi connectivity index (χ2n) is 5.82. The van der Waals surface area contributed by atoms with E-state index in [4.69, 9.17) is 0 Å². The molecule has 0 spiro atoms. The van der Waals surface area contributed by atoms with Gasteiger partial charge in [-0.1, -0.05) is 46.3 Å². The highest BCUT2D eigenvalue weighted by Gasteiger charge is 2.17. The summed E-state index contributed by atoms with van der Waals surface area (Å²) < 4.78 is 16.4. The molecule has 128 valence electrons. The van der Waals surface area contributed by atoms with Gasteiger partial charge in [0.1, 0.15) is 5.82 Å². The minimum atomic E-state index is -0.528. The molecule has 1 heterocycles. The number of hydrogen-bond donors (Lipinski definition) is 0. The summed E-state index contributed by atoms with van der Waals surface area (Å²) in [6.07, 6.45) is 3.62. The maximum absolute atomic E-state index is 13.9. The predicted octanol–water partition coefficient (Wildman–Crippen LogP) is 4.11. The Labute approximate surface area is 154 Å². The summed E-state index contributed by atoms with van der Waals surface area (Å²) >= 11 is 3.26. The van der Waals surface area contributed by atoms with Crippen LogP contribution in [0.25, 0.3) is 0 Å². The molecule has 3 rings (SSSR count). The highest BCUT2D eigenvalue weighted by molar-refractivity contribution is 9.10. The van der Waals surface area contributed by atoms with E-state index in [1.165, 1.54) is 17.0 Å². The molecule has 0 bridgehead atoms. The van der Waals surface area contributed by atoms with E-state index in [9.17, 15) is 9.18 Å². The first-order valence-corrected chi connectivity index (χ1v) is 8.58. The van der Waals surface area contributed by atoms with Gasteiger partial charge in [0.25, 0.3) is 5.91 Å². The summed E-state index contributed by atoms with van der Waals surface area (Å²) in [5, 5.41) is 4.33.